The highest BCUT2D eigenvalue weighted by atomic mass is 35.5. The average Bonchev–Trinajstić information content (AvgIpc) is 2.86. The molecule has 1 aliphatic heterocycles. The largest absolute Gasteiger partial charge is 0.508 e. The van der Waals surface area contributed by atoms with Crippen LogP contribution in [0.3, 0.4) is 0 Å². The van der Waals surface area contributed by atoms with Crippen LogP contribution in [0.5, 0.6) is 11.5 Å². The number of aliphatic hydroxyl groups is 1. The van der Waals surface area contributed by atoms with Gasteiger partial charge >= 0.3 is 0 Å². The van der Waals surface area contributed by atoms with Crippen LogP contribution in [-0.2, 0) is 0 Å². The molecule has 2 heterocycles. The number of anilines is 1. The van der Waals surface area contributed by atoms with Crippen LogP contribution in [0.4, 0.5) is 5.82 Å². The van der Waals surface area contributed by atoms with Crippen LogP contribution in [0.2, 0.25) is 5.02 Å². The Kier molecular flexibility index (Phi) is 6.00. The van der Waals surface area contributed by atoms with Crippen molar-refractivity contribution in [2.75, 3.05) is 38.2 Å². The molecule has 34 heavy (non-hydrogen) atoms. The summed E-state index contributed by atoms with van der Waals surface area (Å²) in [5.74, 6) is 1.45. The molecule has 1 fully saturated rings. The second-order valence-corrected chi connectivity index (χ2v) is 8.65. The summed E-state index contributed by atoms with van der Waals surface area (Å²) in [7, 11) is 1.59. The third-order valence-electron chi connectivity index (χ3n) is 6.33. The van der Waals surface area contributed by atoms with E-state index in [1.165, 1.54) is 12.4 Å². The molecule has 2 N–H and O–H groups in total. The summed E-state index contributed by atoms with van der Waals surface area (Å²) in [5.41, 5.74) is 2.09. The predicted octanol–water partition coefficient (Wildman–Crippen LogP) is 4.44. The summed E-state index contributed by atoms with van der Waals surface area (Å²) < 4.78 is 5.86. The van der Waals surface area contributed by atoms with Crippen molar-refractivity contribution in [3.63, 3.8) is 0 Å². The molecule has 1 aliphatic rings. The quantitative estimate of drug-likeness (QED) is 0.412. The second kappa shape index (κ2) is 9.10. The fourth-order valence-corrected chi connectivity index (χ4v) is 4.97. The minimum absolute atomic E-state index is 0.148. The van der Waals surface area contributed by atoms with Gasteiger partial charge in [0.15, 0.2) is 5.75 Å². The van der Waals surface area contributed by atoms with Crippen molar-refractivity contribution in [2.24, 2.45) is 0 Å². The lowest BCUT2D eigenvalue weighted by Gasteiger charge is -2.37. The number of nitrogens with zero attached hydrogens (tertiary/aromatic N) is 4. The highest BCUT2D eigenvalue weighted by Gasteiger charge is 2.25. The van der Waals surface area contributed by atoms with E-state index in [1.54, 1.807) is 19.2 Å². The van der Waals surface area contributed by atoms with Crippen LogP contribution in [0.1, 0.15) is 0 Å². The van der Waals surface area contributed by atoms with E-state index in [2.05, 4.69) is 21.4 Å². The number of fused-ring (bicyclic) bond motifs is 2. The van der Waals surface area contributed by atoms with Crippen LogP contribution in [-0.4, -0.2) is 64.6 Å². The van der Waals surface area contributed by atoms with Crippen molar-refractivity contribution >= 4 is 39.1 Å². The molecule has 0 saturated carbocycles. The number of hydrogen-bond acceptors (Lipinski definition) is 7. The third kappa shape index (κ3) is 3.81. The lowest BCUT2D eigenvalue weighted by molar-refractivity contribution is 0.0380. The van der Waals surface area contributed by atoms with Gasteiger partial charge in [-0.25, -0.2) is 9.97 Å². The number of benzene rings is 3. The Morgan fingerprint density at radius 3 is 2.59 bits per heavy atom. The zero-order valence-electron chi connectivity index (χ0n) is 18.8. The first-order valence-corrected chi connectivity index (χ1v) is 11.4. The molecule has 3 aromatic carbocycles. The van der Waals surface area contributed by atoms with Gasteiger partial charge in [-0.1, -0.05) is 42.4 Å². The number of aliphatic hydroxyl groups excluding tert-OH is 1. The number of hydrogen-bond donors (Lipinski definition) is 2. The molecule has 0 radical (unpaired) electrons. The van der Waals surface area contributed by atoms with Crippen molar-refractivity contribution < 1.29 is 14.9 Å². The second-order valence-electron chi connectivity index (χ2n) is 8.25. The number of phenols is 1. The molecule has 174 valence electrons. The molecule has 0 aliphatic carbocycles. The summed E-state index contributed by atoms with van der Waals surface area (Å²) >= 11 is 6.88. The number of aromatic hydroxyl groups is 1. The molecule has 1 saturated heterocycles. The van der Waals surface area contributed by atoms with E-state index < -0.39 is 6.23 Å². The third-order valence-corrected chi connectivity index (χ3v) is 6.63. The highest BCUT2D eigenvalue weighted by Crippen LogP contribution is 2.46. The van der Waals surface area contributed by atoms with Crippen LogP contribution in [0, 0.1) is 0 Å². The summed E-state index contributed by atoms with van der Waals surface area (Å²) in [6.07, 6.45) is 2.41. The predicted molar refractivity (Wildman–Crippen MR) is 136 cm³/mol. The van der Waals surface area contributed by atoms with Gasteiger partial charge < -0.3 is 19.8 Å². The number of piperazine rings is 1. The topological polar surface area (TPSA) is 82.0 Å². The van der Waals surface area contributed by atoms with Crippen molar-refractivity contribution in [3.05, 3.63) is 66.5 Å². The van der Waals surface area contributed by atoms with Gasteiger partial charge in [0.2, 0.25) is 0 Å². The smallest absolute Gasteiger partial charge is 0.154 e. The number of halogens is 1. The van der Waals surface area contributed by atoms with Crippen molar-refractivity contribution in [1.29, 1.82) is 0 Å². The van der Waals surface area contributed by atoms with Gasteiger partial charge in [-0.3, -0.25) is 4.90 Å². The van der Waals surface area contributed by atoms with Gasteiger partial charge in [-0.2, -0.15) is 0 Å². The van der Waals surface area contributed by atoms with Crippen LogP contribution < -0.4 is 9.64 Å². The molecule has 0 amide bonds. The molecule has 1 aromatic heterocycles. The van der Waals surface area contributed by atoms with Gasteiger partial charge in [0, 0.05) is 37.1 Å². The minimum Gasteiger partial charge on any atom is -0.508 e. The molecule has 1 atom stereocenters. The monoisotopic (exact) mass is 476 g/mol. The Hall–Kier alpha value is -3.39. The van der Waals surface area contributed by atoms with E-state index in [9.17, 15) is 10.2 Å². The molecule has 4 aromatic rings. The average molecular weight is 477 g/mol. The maximum Gasteiger partial charge on any atom is 0.154 e. The molecule has 0 bridgehead atoms. The number of methoxy groups -OCH3 is 1. The summed E-state index contributed by atoms with van der Waals surface area (Å²) in [6, 6.07) is 13.1. The molecule has 5 rings (SSSR count). The number of rotatable bonds is 5. The zero-order chi connectivity index (χ0) is 23.8. The first-order valence-electron chi connectivity index (χ1n) is 11.0. The highest BCUT2D eigenvalue weighted by molar-refractivity contribution is 6.35. The Morgan fingerprint density at radius 1 is 1.09 bits per heavy atom. The van der Waals surface area contributed by atoms with Crippen molar-refractivity contribution in [2.45, 2.75) is 6.23 Å². The summed E-state index contributed by atoms with van der Waals surface area (Å²) in [4.78, 5) is 13.2. The van der Waals surface area contributed by atoms with Gasteiger partial charge in [0.25, 0.3) is 0 Å². The van der Waals surface area contributed by atoms with Crippen LogP contribution in [0.25, 0.3) is 32.8 Å². The van der Waals surface area contributed by atoms with E-state index in [0.717, 1.165) is 27.5 Å². The standard InChI is InChI=1S/C26H25ClN4O3/c1-3-22(33)30-8-10-31(11-9-30)26-20-14-21(27)23(25(34-2)24(20)28-15-29-26)19-13-17(32)12-16-6-4-5-7-18(16)19/h3-7,12-15,22,32-33H,1,8-11H2,2H3. The Labute approximate surface area is 202 Å². The lowest BCUT2D eigenvalue weighted by Crippen LogP contribution is -2.50. The van der Waals surface area contributed by atoms with E-state index in [0.29, 0.717) is 48.0 Å². The molecule has 8 heteroatoms. The molecule has 1 unspecified atom stereocenters. The minimum atomic E-state index is -0.654. The molecular formula is C26H25ClN4O3. The number of aromatic nitrogens is 2. The molecular weight excluding hydrogens is 452 g/mol. The fourth-order valence-electron chi connectivity index (χ4n) is 4.68. The summed E-state index contributed by atoms with van der Waals surface area (Å²) in [5, 5.41) is 23.6. The number of phenolic OH excluding ortho intramolecular Hbond substituents is 1. The van der Waals surface area contributed by atoms with Crippen molar-refractivity contribution in [1.82, 2.24) is 14.9 Å². The summed E-state index contributed by atoms with van der Waals surface area (Å²) in [6.45, 7) is 6.41. The van der Waals surface area contributed by atoms with E-state index in [-0.39, 0.29) is 5.75 Å². The lowest BCUT2D eigenvalue weighted by atomic mass is 9.95. The van der Waals surface area contributed by atoms with Crippen LogP contribution >= 0.6 is 11.6 Å². The van der Waals surface area contributed by atoms with Gasteiger partial charge in [0.1, 0.15) is 29.6 Å². The van der Waals surface area contributed by atoms with E-state index in [1.807, 2.05) is 35.2 Å². The van der Waals surface area contributed by atoms with Gasteiger partial charge in [-0.05, 0) is 40.6 Å². The Bertz CT molecular complexity index is 1390. The molecule has 7 nitrogen and oxygen atoms in total. The zero-order valence-corrected chi connectivity index (χ0v) is 19.5. The first-order chi connectivity index (χ1) is 16.5. The fraction of sp³-hybridized carbons (Fsp3) is 0.231. The van der Waals surface area contributed by atoms with Crippen molar-refractivity contribution in [3.8, 4) is 22.6 Å². The first kappa shape index (κ1) is 22.4. The SMILES string of the molecule is C=CC(O)N1CCN(c2ncnc3c(OC)c(-c4cc(O)cc5ccccc45)c(Cl)cc23)CC1. The van der Waals surface area contributed by atoms with Crippen LogP contribution in [0.15, 0.2) is 61.4 Å². The Balaban J connectivity index is 1.65. The normalized spacial score (nSPS) is 15.6. The Morgan fingerprint density at radius 2 is 1.85 bits per heavy atom. The maximum absolute atomic E-state index is 10.4. The molecule has 0 spiro atoms. The number of ether oxygens (including phenoxy) is 1. The van der Waals surface area contributed by atoms with E-state index in [4.69, 9.17) is 16.3 Å². The maximum atomic E-state index is 10.4. The van der Waals surface area contributed by atoms with E-state index >= 15 is 0 Å². The van der Waals surface area contributed by atoms with Gasteiger partial charge in [0.05, 0.1) is 12.1 Å². The van der Waals surface area contributed by atoms with Gasteiger partial charge in [-0.15, -0.1) is 0 Å².